The molecule has 21 heavy (non-hydrogen) atoms. The van der Waals surface area contributed by atoms with E-state index in [1.165, 1.54) is 18.2 Å². The molecule has 0 bridgehead atoms. The van der Waals surface area contributed by atoms with Crippen LogP contribution in [0.25, 0.3) is 0 Å². The van der Waals surface area contributed by atoms with Gasteiger partial charge in [-0.15, -0.1) is 0 Å². The Bertz CT molecular complexity index is 602. The topological polar surface area (TPSA) is 54.5 Å². The van der Waals surface area contributed by atoms with Crippen molar-refractivity contribution in [2.24, 2.45) is 0 Å². The molecule has 4 nitrogen and oxygen atoms in total. The van der Waals surface area contributed by atoms with Gasteiger partial charge < -0.3 is 4.90 Å². The van der Waals surface area contributed by atoms with Gasteiger partial charge in [-0.2, -0.15) is 0 Å². The number of carbonyl (C=O) groups is 1. The van der Waals surface area contributed by atoms with Crippen LogP contribution in [0.4, 0.5) is 0 Å². The third-order valence-electron chi connectivity index (χ3n) is 3.11. The van der Waals surface area contributed by atoms with Gasteiger partial charge in [0.25, 0.3) is 0 Å². The highest BCUT2D eigenvalue weighted by Crippen LogP contribution is 2.25. The first kappa shape index (κ1) is 18.3. The molecule has 0 unspecified atom stereocenters. The zero-order valence-electron chi connectivity index (χ0n) is 12.1. The van der Waals surface area contributed by atoms with E-state index in [4.69, 9.17) is 23.2 Å². The fraction of sp³-hybridized carbons (Fsp3) is 0.500. The van der Waals surface area contributed by atoms with Crippen molar-refractivity contribution in [3.8, 4) is 0 Å². The third kappa shape index (κ3) is 5.49. The van der Waals surface area contributed by atoms with Gasteiger partial charge in [0.05, 0.1) is 20.7 Å². The minimum atomic E-state index is -3.54. The van der Waals surface area contributed by atoms with Crippen LogP contribution in [0.15, 0.2) is 23.1 Å². The first-order valence-electron chi connectivity index (χ1n) is 6.69. The van der Waals surface area contributed by atoms with E-state index in [-0.39, 0.29) is 28.0 Å². The standard InChI is InChI=1S/C14H19Cl2NO3S/c1-3-4-8-17(2)14(18)7-9-21(19,20)11-5-6-12(15)13(16)10-11/h5-6,10H,3-4,7-9H2,1-2H3. The number of benzene rings is 1. The fourth-order valence-corrected chi connectivity index (χ4v) is 3.34. The molecular formula is C14H19Cl2NO3S. The number of amides is 1. The summed E-state index contributed by atoms with van der Waals surface area (Å²) in [6, 6.07) is 4.14. The normalized spacial score (nSPS) is 11.4. The lowest BCUT2D eigenvalue weighted by Gasteiger charge is -2.16. The highest BCUT2D eigenvalue weighted by Gasteiger charge is 2.19. The molecule has 0 aliphatic heterocycles. The molecule has 0 saturated heterocycles. The first-order chi connectivity index (χ1) is 9.77. The van der Waals surface area contributed by atoms with E-state index >= 15 is 0 Å². The van der Waals surface area contributed by atoms with Gasteiger partial charge in [0.1, 0.15) is 0 Å². The second kappa shape index (κ2) is 8.01. The molecule has 0 N–H and O–H groups in total. The zero-order valence-corrected chi connectivity index (χ0v) is 14.4. The Balaban J connectivity index is 2.68. The number of carbonyl (C=O) groups excluding carboxylic acids is 1. The van der Waals surface area contributed by atoms with Gasteiger partial charge >= 0.3 is 0 Å². The van der Waals surface area contributed by atoms with Crippen molar-refractivity contribution in [1.82, 2.24) is 4.90 Å². The van der Waals surface area contributed by atoms with Gasteiger partial charge in [0, 0.05) is 20.0 Å². The van der Waals surface area contributed by atoms with Crippen molar-refractivity contribution in [2.45, 2.75) is 31.1 Å². The van der Waals surface area contributed by atoms with E-state index in [0.29, 0.717) is 11.6 Å². The van der Waals surface area contributed by atoms with Crippen LogP contribution in [-0.2, 0) is 14.6 Å². The van der Waals surface area contributed by atoms with Gasteiger partial charge in [0.15, 0.2) is 9.84 Å². The smallest absolute Gasteiger partial charge is 0.223 e. The fourth-order valence-electron chi connectivity index (χ4n) is 1.72. The Morgan fingerprint density at radius 3 is 2.48 bits per heavy atom. The van der Waals surface area contributed by atoms with Crippen LogP contribution in [0.2, 0.25) is 10.0 Å². The summed E-state index contributed by atoms with van der Waals surface area (Å²) >= 11 is 11.6. The lowest BCUT2D eigenvalue weighted by atomic mass is 10.3. The average molecular weight is 352 g/mol. The van der Waals surface area contributed by atoms with E-state index in [9.17, 15) is 13.2 Å². The summed E-state index contributed by atoms with van der Waals surface area (Å²) in [5.74, 6) is -0.410. The van der Waals surface area contributed by atoms with Crippen LogP contribution in [0.5, 0.6) is 0 Å². The quantitative estimate of drug-likeness (QED) is 0.756. The lowest BCUT2D eigenvalue weighted by Crippen LogP contribution is -2.29. The van der Waals surface area contributed by atoms with Crippen molar-refractivity contribution in [2.75, 3.05) is 19.3 Å². The molecule has 0 heterocycles. The molecule has 0 aliphatic carbocycles. The molecule has 0 aromatic heterocycles. The molecule has 7 heteroatoms. The molecule has 0 radical (unpaired) electrons. The first-order valence-corrected chi connectivity index (χ1v) is 9.10. The van der Waals surface area contributed by atoms with Crippen LogP contribution in [0, 0.1) is 0 Å². The molecule has 1 aromatic rings. The Kier molecular flexibility index (Phi) is 6.97. The number of halogens is 2. The predicted molar refractivity (Wildman–Crippen MR) is 85.7 cm³/mol. The van der Waals surface area contributed by atoms with Crippen molar-refractivity contribution in [3.63, 3.8) is 0 Å². The molecular weight excluding hydrogens is 333 g/mol. The Morgan fingerprint density at radius 1 is 1.24 bits per heavy atom. The molecule has 0 atom stereocenters. The van der Waals surface area contributed by atoms with E-state index in [0.717, 1.165) is 12.8 Å². The van der Waals surface area contributed by atoms with Gasteiger partial charge in [-0.25, -0.2) is 8.42 Å². The van der Waals surface area contributed by atoms with Crippen LogP contribution < -0.4 is 0 Å². The summed E-state index contributed by atoms with van der Waals surface area (Å²) < 4.78 is 24.3. The molecule has 0 aliphatic rings. The largest absolute Gasteiger partial charge is 0.346 e. The van der Waals surface area contributed by atoms with Crippen molar-refractivity contribution >= 4 is 38.9 Å². The highest BCUT2D eigenvalue weighted by atomic mass is 35.5. The molecule has 0 fully saturated rings. The molecule has 0 saturated carbocycles. The van der Waals surface area contributed by atoms with Gasteiger partial charge in [-0.3, -0.25) is 4.79 Å². The maximum Gasteiger partial charge on any atom is 0.223 e. The van der Waals surface area contributed by atoms with Crippen molar-refractivity contribution in [1.29, 1.82) is 0 Å². The van der Waals surface area contributed by atoms with Crippen molar-refractivity contribution < 1.29 is 13.2 Å². The predicted octanol–water partition coefficient (Wildman–Crippen LogP) is 3.42. The molecule has 1 aromatic carbocycles. The van der Waals surface area contributed by atoms with E-state index < -0.39 is 9.84 Å². The monoisotopic (exact) mass is 351 g/mol. The SMILES string of the molecule is CCCCN(C)C(=O)CCS(=O)(=O)c1ccc(Cl)c(Cl)c1. The number of unbranched alkanes of at least 4 members (excludes halogenated alkanes) is 1. The van der Waals surface area contributed by atoms with Gasteiger partial charge in [0.2, 0.25) is 5.91 Å². The minimum absolute atomic E-state index is 0.0389. The molecule has 1 amide bonds. The minimum Gasteiger partial charge on any atom is -0.346 e. The summed E-state index contributed by atoms with van der Waals surface area (Å²) in [5, 5.41) is 0.482. The number of hydrogen-bond donors (Lipinski definition) is 0. The van der Waals surface area contributed by atoms with Gasteiger partial charge in [-0.1, -0.05) is 36.5 Å². The maximum atomic E-state index is 12.2. The Morgan fingerprint density at radius 2 is 1.90 bits per heavy atom. The van der Waals surface area contributed by atoms with Crippen LogP contribution >= 0.6 is 23.2 Å². The van der Waals surface area contributed by atoms with Gasteiger partial charge in [-0.05, 0) is 24.6 Å². The lowest BCUT2D eigenvalue weighted by molar-refractivity contribution is -0.129. The molecule has 1 rings (SSSR count). The second-order valence-electron chi connectivity index (χ2n) is 4.81. The second-order valence-corrected chi connectivity index (χ2v) is 7.74. The summed E-state index contributed by atoms with van der Waals surface area (Å²) in [6.45, 7) is 2.68. The Labute approximate surface area is 136 Å². The number of nitrogens with zero attached hydrogens (tertiary/aromatic N) is 1. The summed E-state index contributed by atoms with van der Waals surface area (Å²) in [6.07, 6.45) is 1.85. The summed E-state index contributed by atoms with van der Waals surface area (Å²) in [4.78, 5) is 13.5. The number of sulfone groups is 1. The zero-order chi connectivity index (χ0) is 16.0. The van der Waals surface area contributed by atoms with E-state index in [1.54, 1.807) is 11.9 Å². The third-order valence-corrected chi connectivity index (χ3v) is 5.56. The Hall–Kier alpha value is -0.780. The molecule has 0 spiro atoms. The number of rotatable bonds is 7. The number of hydrogen-bond acceptors (Lipinski definition) is 3. The van der Waals surface area contributed by atoms with E-state index in [2.05, 4.69) is 0 Å². The van der Waals surface area contributed by atoms with Crippen LogP contribution in [-0.4, -0.2) is 38.6 Å². The van der Waals surface area contributed by atoms with Crippen molar-refractivity contribution in [3.05, 3.63) is 28.2 Å². The average Bonchev–Trinajstić information content (AvgIpc) is 2.44. The van der Waals surface area contributed by atoms with Crippen LogP contribution in [0.3, 0.4) is 0 Å². The summed E-state index contributed by atoms with van der Waals surface area (Å²) in [7, 11) is -1.85. The highest BCUT2D eigenvalue weighted by molar-refractivity contribution is 7.91. The summed E-state index contributed by atoms with van der Waals surface area (Å²) in [5.41, 5.74) is 0. The molecule has 118 valence electrons. The van der Waals surface area contributed by atoms with Crippen LogP contribution in [0.1, 0.15) is 26.2 Å². The maximum absolute atomic E-state index is 12.2. The van der Waals surface area contributed by atoms with E-state index in [1.807, 2.05) is 6.92 Å².